The average Bonchev–Trinajstić information content (AvgIpc) is 2.65. The molecule has 0 fully saturated rings. The molecule has 0 radical (unpaired) electrons. The Bertz CT molecular complexity index is 486. The Kier molecular flexibility index (Phi) is 3.47. The first kappa shape index (κ1) is 11.7. The molecule has 1 heterocycles. The van der Waals surface area contributed by atoms with Gasteiger partial charge in [0.15, 0.2) is 0 Å². The Hall–Kier alpha value is -1.77. The minimum atomic E-state index is 0.789. The van der Waals surface area contributed by atoms with Gasteiger partial charge < -0.3 is 10.3 Å². The number of nitrogen functional groups attached to an aromatic ring is 1. The van der Waals surface area contributed by atoms with Gasteiger partial charge in [0.2, 0.25) is 0 Å². The number of unbranched alkanes of at least 4 members (excludes halogenated alkanes) is 1. The van der Waals surface area contributed by atoms with Crippen LogP contribution in [-0.4, -0.2) is 9.55 Å². The number of aryl methyl sites for hydroxylation is 1. The van der Waals surface area contributed by atoms with Crippen molar-refractivity contribution in [2.45, 2.75) is 33.2 Å². The SMILES string of the molecule is CCCCn1c(-c2ccccc2)nc(C)c1N. The number of nitrogens with zero attached hydrogens (tertiary/aromatic N) is 2. The van der Waals surface area contributed by atoms with Crippen LogP contribution in [0.2, 0.25) is 0 Å². The van der Waals surface area contributed by atoms with Gasteiger partial charge in [-0.2, -0.15) is 0 Å². The second-order valence-electron chi connectivity index (χ2n) is 4.28. The monoisotopic (exact) mass is 229 g/mol. The molecule has 3 nitrogen and oxygen atoms in total. The molecule has 1 aromatic heterocycles. The number of imidazole rings is 1. The molecule has 0 aliphatic rings. The van der Waals surface area contributed by atoms with Crippen molar-refractivity contribution in [3.8, 4) is 11.4 Å². The maximum absolute atomic E-state index is 6.08. The lowest BCUT2D eigenvalue weighted by molar-refractivity contribution is 0.643. The summed E-state index contributed by atoms with van der Waals surface area (Å²) in [4.78, 5) is 4.57. The van der Waals surface area contributed by atoms with Crippen molar-refractivity contribution in [3.05, 3.63) is 36.0 Å². The van der Waals surface area contributed by atoms with Crippen LogP contribution in [0, 0.1) is 6.92 Å². The largest absolute Gasteiger partial charge is 0.384 e. The zero-order valence-corrected chi connectivity index (χ0v) is 10.5. The van der Waals surface area contributed by atoms with E-state index < -0.39 is 0 Å². The topological polar surface area (TPSA) is 43.8 Å². The average molecular weight is 229 g/mol. The minimum absolute atomic E-state index is 0.789. The van der Waals surface area contributed by atoms with Gasteiger partial charge in [-0.05, 0) is 13.3 Å². The van der Waals surface area contributed by atoms with E-state index >= 15 is 0 Å². The minimum Gasteiger partial charge on any atom is -0.384 e. The van der Waals surface area contributed by atoms with Crippen molar-refractivity contribution < 1.29 is 0 Å². The van der Waals surface area contributed by atoms with Crippen LogP contribution in [-0.2, 0) is 6.54 Å². The van der Waals surface area contributed by atoms with Gasteiger partial charge in [-0.15, -0.1) is 0 Å². The molecule has 17 heavy (non-hydrogen) atoms. The maximum Gasteiger partial charge on any atom is 0.141 e. The van der Waals surface area contributed by atoms with Crippen molar-refractivity contribution in [3.63, 3.8) is 0 Å². The fourth-order valence-corrected chi connectivity index (χ4v) is 1.94. The first-order chi connectivity index (χ1) is 8.24. The Labute approximate surface area is 102 Å². The number of hydrogen-bond donors (Lipinski definition) is 1. The zero-order valence-electron chi connectivity index (χ0n) is 10.5. The van der Waals surface area contributed by atoms with Crippen LogP contribution in [0.1, 0.15) is 25.5 Å². The second-order valence-corrected chi connectivity index (χ2v) is 4.28. The quantitative estimate of drug-likeness (QED) is 0.874. The highest BCUT2D eigenvalue weighted by atomic mass is 15.1. The summed E-state index contributed by atoms with van der Waals surface area (Å²) in [5.74, 6) is 1.77. The molecule has 0 aliphatic heterocycles. The van der Waals surface area contributed by atoms with Crippen LogP contribution in [0.15, 0.2) is 30.3 Å². The summed E-state index contributed by atoms with van der Waals surface area (Å²) in [6.07, 6.45) is 2.28. The van der Waals surface area contributed by atoms with E-state index in [0.717, 1.165) is 42.3 Å². The number of anilines is 1. The third-order valence-electron chi connectivity index (χ3n) is 2.96. The Balaban J connectivity index is 2.43. The normalized spacial score (nSPS) is 10.7. The van der Waals surface area contributed by atoms with E-state index in [1.165, 1.54) is 0 Å². The predicted octanol–water partition coefficient (Wildman–Crippen LogP) is 3.24. The number of nitrogens with two attached hydrogens (primary N) is 1. The summed E-state index contributed by atoms with van der Waals surface area (Å²) in [6.45, 7) is 5.08. The van der Waals surface area contributed by atoms with Crippen molar-refractivity contribution in [1.29, 1.82) is 0 Å². The molecule has 1 aromatic carbocycles. The molecule has 2 aromatic rings. The summed E-state index contributed by atoms with van der Waals surface area (Å²) < 4.78 is 2.12. The maximum atomic E-state index is 6.08. The van der Waals surface area contributed by atoms with Gasteiger partial charge >= 0.3 is 0 Å². The van der Waals surface area contributed by atoms with Crippen LogP contribution in [0.3, 0.4) is 0 Å². The lowest BCUT2D eigenvalue weighted by Crippen LogP contribution is -2.05. The Morgan fingerprint density at radius 2 is 1.94 bits per heavy atom. The predicted molar refractivity (Wildman–Crippen MR) is 71.7 cm³/mol. The highest BCUT2D eigenvalue weighted by molar-refractivity contribution is 5.60. The summed E-state index contributed by atoms with van der Waals surface area (Å²) in [5.41, 5.74) is 8.13. The molecular weight excluding hydrogens is 210 g/mol. The van der Waals surface area contributed by atoms with Crippen molar-refractivity contribution >= 4 is 5.82 Å². The lowest BCUT2D eigenvalue weighted by Gasteiger charge is -2.09. The molecule has 2 rings (SSSR count). The van der Waals surface area contributed by atoms with Crippen LogP contribution in [0.5, 0.6) is 0 Å². The van der Waals surface area contributed by atoms with Gasteiger partial charge in [0.05, 0.1) is 5.69 Å². The molecule has 90 valence electrons. The Morgan fingerprint density at radius 1 is 1.24 bits per heavy atom. The van der Waals surface area contributed by atoms with Gasteiger partial charge in [-0.1, -0.05) is 43.7 Å². The van der Waals surface area contributed by atoms with Gasteiger partial charge in [-0.3, -0.25) is 0 Å². The van der Waals surface area contributed by atoms with E-state index in [4.69, 9.17) is 5.73 Å². The van der Waals surface area contributed by atoms with Crippen LogP contribution < -0.4 is 5.73 Å². The molecule has 3 heteroatoms. The summed E-state index contributed by atoms with van der Waals surface area (Å²) in [7, 11) is 0. The number of aromatic nitrogens is 2. The van der Waals surface area contributed by atoms with Gasteiger partial charge in [0, 0.05) is 12.1 Å². The highest BCUT2D eigenvalue weighted by Crippen LogP contribution is 2.24. The van der Waals surface area contributed by atoms with Crippen LogP contribution in [0.4, 0.5) is 5.82 Å². The Morgan fingerprint density at radius 3 is 2.59 bits per heavy atom. The van der Waals surface area contributed by atoms with E-state index in [2.05, 4.69) is 28.6 Å². The van der Waals surface area contributed by atoms with E-state index in [0.29, 0.717) is 0 Å². The first-order valence-electron chi connectivity index (χ1n) is 6.12. The zero-order chi connectivity index (χ0) is 12.3. The fourth-order valence-electron chi connectivity index (χ4n) is 1.94. The van der Waals surface area contributed by atoms with Crippen LogP contribution >= 0.6 is 0 Å². The number of rotatable bonds is 4. The lowest BCUT2D eigenvalue weighted by atomic mass is 10.2. The van der Waals surface area contributed by atoms with E-state index in [1.54, 1.807) is 0 Å². The number of hydrogen-bond acceptors (Lipinski definition) is 2. The summed E-state index contributed by atoms with van der Waals surface area (Å²) in [5, 5.41) is 0. The molecule has 0 spiro atoms. The van der Waals surface area contributed by atoms with E-state index in [1.807, 2.05) is 25.1 Å². The third-order valence-corrected chi connectivity index (χ3v) is 2.96. The van der Waals surface area contributed by atoms with Gasteiger partial charge in [0.25, 0.3) is 0 Å². The van der Waals surface area contributed by atoms with Gasteiger partial charge in [-0.25, -0.2) is 4.98 Å². The fraction of sp³-hybridized carbons (Fsp3) is 0.357. The molecule has 0 aliphatic carbocycles. The second kappa shape index (κ2) is 5.04. The van der Waals surface area contributed by atoms with Crippen molar-refractivity contribution in [2.75, 3.05) is 5.73 Å². The molecule has 0 bridgehead atoms. The van der Waals surface area contributed by atoms with Crippen molar-refractivity contribution in [1.82, 2.24) is 9.55 Å². The standard InChI is InChI=1S/C14H19N3/c1-3-4-10-17-13(15)11(2)16-14(17)12-8-6-5-7-9-12/h5-9H,3-4,10,15H2,1-2H3. The molecule has 0 saturated heterocycles. The third kappa shape index (κ3) is 2.33. The van der Waals surface area contributed by atoms with Crippen LogP contribution in [0.25, 0.3) is 11.4 Å². The summed E-state index contributed by atoms with van der Waals surface area (Å²) >= 11 is 0. The first-order valence-corrected chi connectivity index (χ1v) is 6.12. The van der Waals surface area contributed by atoms with Crippen molar-refractivity contribution in [2.24, 2.45) is 0 Å². The molecular formula is C14H19N3. The highest BCUT2D eigenvalue weighted by Gasteiger charge is 2.12. The molecule has 2 N–H and O–H groups in total. The van der Waals surface area contributed by atoms with Gasteiger partial charge in [0.1, 0.15) is 11.6 Å². The summed E-state index contributed by atoms with van der Waals surface area (Å²) in [6, 6.07) is 10.2. The molecule has 0 amide bonds. The van der Waals surface area contributed by atoms with E-state index in [9.17, 15) is 0 Å². The number of benzene rings is 1. The van der Waals surface area contributed by atoms with E-state index in [-0.39, 0.29) is 0 Å². The smallest absolute Gasteiger partial charge is 0.141 e. The molecule has 0 atom stereocenters. The molecule has 0 unspecified atom stereocenters. The molecule has 0 saturated carbocycles.